The van der Waals surface area contributed by atoms with E-state index in [9.17, 15) is 9.59 Å². The van der Waals surface area contributed by atoms with Gasteiger partial charge in [-0.25, -0.2) is 15.0 Å². The number of aromatic amines is 1. The molecular formula is C27H34N8O2. The number of amides is 1. The summed E-state index contributed by atoms with van der Waals surface area (Å²) < 4.78 is 0. The monoisotopic (exact) mass is 502 g/mol. The van der Waals surface area contributed by atoms with E-state index in [1.807, 2.05) is 0 Å². The first-order valence-electron chi connectivity index (χ1n) is 12.1. The van der Waals surface area contributed by atoms with Gasteiger partial charge in [0, 0.05) is 37.7 Å². The van der Waals surface area contributed by atoms with Crippen molar-refractivity contribution in [3.05, 3.63) is 82.3 Å². The van der Waals surface area contributed by atoms with E-state index in [1.54, 1.807) is 42.5 Å². The molecule has 1 aromatic carbocycles. The van der Waals surface area contributed by atoms with E-state index >= 15 is 0 Å². The Morgan fingerprint density at radius 1 is 1.16 bits per heavy atom. The molecular weight excluding hydrogens is 468 g/mol. The fourth-order valence-electron chi connectivity index (χ4n) is 3.63. The molecule has 0 radical (unpaired) electrons. The quantitative estimate of drug-likeness (QED) is 0.302. The van der Waals surface area contributed by atoms with Gasteiger partial charge in [0.15, 0.2) is 0 Å². The van der Waals surface area contributed by atoms with Gasteiger partial charge in [-0.05, 0) is 35.7 Å². The largest absolute Gasteiger partial charge is 0.398 e. The average molecular weight is 503 g/mol. The van der Waals surface area contributed by atoms with E-state index in [1.165, 1.54) is 57.6 Å². The molecule has 194 valence electrons. The molecule has 1 saturated carbocycles. The van der Waals surface area contributed by atoms with Crippen molar-refractivity contribution in [1.29, 1.82) is 5.26 Å². The van der Waals surface area contributed by atoms with Crippen molar-refractivity contribution >= 4 is 23.1 Å². The van der Waals surface area contributed by atoms with Crippen LogP contribution in [0.25, 0.3) is 0 Å². The number of benzene rings is 1. The molecule has 4 rings (SSSR count). The minimum absolute atomic E-state index is 0.0247. The normalized spacial score (nSPS) is 13.2. The maximum atomic E-state index is 11.9. The van der Waals surface area contributed by atoms with Crippen LogP contribution < -0.4 is 22.3 Å². The number of nitriles is 1. The number of hydrogen-bond acceptors (Lipinski definition) is 7. The molecule has 1 aliphatic rings. The Kier molecular flexibility index (Phi) is 12.0. The lowest BCUT2D eigenvalue weighted by molar-refractivity contribution is 0.0940. The van der Waals surface area contributed by atoms with Gasteiger partial charge in [0.25, 0.3) is 11.5 Å². The van der Waals surface area contributed by atoms with Gasteiger partial charge in [-0.1, -0.05) is 51.2 Å². The van der Waals surface area contributed by atoms with Gasteiger partial charge in [-0.15, -0.1) is 0 Å². The molecule has 0 atom stereocenters. The van der Waals surface area contributed by atoms with Crippen molar-refractivity contribution in [3.8, 4) is 6.07 Å². The van der Waals surface area contributed by atoms with Crippen molar-refractivity contribution in [2.24, 2.45) is 16.6 Å². The number of nitrogens with two attached hydrogens (primary N) is 2. The third-order valence-corrected chi connectivity index (χ3v) is 5.55. The number of hydrogen-bond donors (Lipinski definition) is 4. The fraction of sp³-hybridized carbons (Fsp3) is 0.333. The van der Waals surface area contributed by atoms with Crippen LogP contribution in [-0.4, -0.2) is 26.7 Å². The summed E-state index contributed by atoms with van der Waals surface area (Å²) >= 11 is 0. The molecule has 2 aromatic heterocycles. The van der Waals surface area contributed by atoms with E-state index in [4.69, 9.17) is 16.7 Å². The Morgan fingerprint density at radius 2 is 1.78 bits per heavy atom. The maximum absolute atomic E-state index is 11.9. The molecule has 10 nitrogen and oxygen atoms in total. The van der Waals surface area contributed by atoms with E-state index in [0.717, 1.165) is 11.5 Å². The zero-order valence-corrected chi connectivity index (χ0v) is 21.3. The van der Waals surface area contributed by atoms with Crippen LogP contribution in [0.15, 0.2) is 64.8 Å². The molecule has 0 bridgehead atoms. The molecule has 1 aliphatic carbocycles. The lowest BCUT2D eigenvalue weighted by Crippen LogP contribution is -2.25. The number of aliphatic imine (C=N–C) groups is 1. The van der Waals surface area contributed by atoms with Crippen LogP contribution in [0.5, 0.6) is 0 Å². The summed E-state index contributed by atoms with van der Waals surface area (Å²) in [4.78, 5) is 38.3. The highest BCUT2D eigenvalue weighted by atomic mass is 16.2. The smallest absolute Gasteiger partial charge is 0.289 e. The summed E-state index contributed by atoms with van der Waals surface area (Å²) in [6, 6.07) is 12.0. The Labute approximate surface area is 216 Å². The molecule has 0 aliphatic heterocycles. The van der Waals surface area contributed by atoms with Crippen molar-refractivity contribution in [3.63, 3.8) is 0 Å². The third kappa shape index (κ3) is 9.93. The number of carbonyl (C=O) groups excluding carboxylic acids is 1. The summed E-state index contributed by atoms with van der Waals surface area (Å²) in [6.07, 6.45) is 11.9. The molecule has 3 aromatic rings. The SMILES string of the molecule is CC#N.CC1CCCCC1.NC(=Nc1ccc(CNC(=O)c2ncccn2)cc1)c1c(N)cc[nH]c1=O. The predicted molar refractivity (Wildman–Crippen MR) is 145 cm³/mol. The summed E-state index contributed by atoms with van der Waals surface area (Å²) in [7, 11) is 0. The lowest BCUT2D eigenvalue weighted by atomic mass is 9.91. The number of pyridine rings is 1. The first kappa shape index (κ1) is 28.7. The minimum atomic E-state index is -0.404. The number of nitrogens with one attached hydrogen (secondary N) is 2. The lowest BCUT2D eigenvalue weighted by Gasteiger charge is -2.15. The molecule has 2 heterocycles. The Bertz CT molecular complexity index is 1240. The molecule has 1 amide bonds. The van der Waals surface area contributed by atoms with E-state index in [0.29, 0.717) is 12.2 Å². The van der Waals surface area contributed by atoms with E-state index in [2.05, 4.69) is 32.2 Å². The maximum Gasteiger partial charge on any atom is 0.289 e. The van der Waals surface area contributed by atoms with Crippen LogP contribution in [0.3, 0.4) is 0 Å². The number of carbonyl (C=O) groups is 1. The molecule has 0 spiro atoms. The third-order valence-electron chi connectivity index (χ3n) is 5.55. The number of H-pyrrole nitrogens is 1. The number of rotatable bonds is 5. The van der Waals surface area contributed by atoms with E-state index in [-0.39, 0.29) is 28.8 Å². The van der Waals surface area contributed by atoms with Gasteiger partial charge < -0.3 is 21.8 Å². The highest BCUT2D eigenvalue weighted by molar-refractivity contribution is 6.02. The molecule has 0 saturated heterocycles. The fourth-order valence-corrected chi connectivity index (χ4v) is 3.63. The van der Waals surface area contributed by atoms with Crippen LogP contribution in [0.1, 0.15) is 67.7 Å². The Balaban J connectivity index is 0.000000404. The van der Waals surface area contributed by atoms with Crippen molar-refractivity contribution in [2.45, 2.75) is 52.5 Å². The van der Waals surface area contributed by atoms with Crippen molar-refractivity contribution in [1.82, 2.24) is 20.3 Å². The first-order valence-corrected chi connectivity index (χ1v) is 12.1. The van der Waals surface area contributed by atoms with Crippen LogP contribution in [0.2, 0.25) is 0 Å². The van der Waals surface area contributed by atoms with Gasteiger partial charge in [-0.2, -0.15) is 5.26 Å². The van der Waals surface area contributed by atoms with Gasteiger partial charge in [0.1, 0.15) is 11.4 Å². The van der Waals surface area contributed by atoms with Crippen LogP contribution >= 0.6 is 0 Å². The van der Waals surface area contributed by atoms with Gasteiger partial charge in [0.05, 0.1) is 11.8 Å². The number of aromatic nitrogens is 3. The summed E-state index contributed by atoms with van der Waals surface area (Å²) in [5.74, 6) is 0.809. The summed E-state index contributed by atoms with van der Waals surface area (Å²) in [5, 5.41) is 10.0. The molecule has 1 fully saturated rings. The van der Waals surface area contributed by atoms with Gasteiger partial charge in [-0.3, -0.25) is 9.59 Å². The zero-order chi connectivity index (χ0) is 27.0. The average Bonchev–Trinajstić information content (AvgIpc) is 2.90. The first-order chi connectivity index (χ1) is 17.8. The topological polar surface area (TPSA) is 176 Å². The second-order valence-corrected chi connectivity index (χ2v) is 8.52. The Morgan fingerprint density at radius 3 is 2.32 bits per heavy atom. The van der Waals surface area contributed by atoms with Crippen LogP contribution in [0.4, 0.5) is 11.4 Å². The second kappa shape index (κ2) is 15.5. The highest BCUT2D eigenvalue weighted by Gasteiger charge is 2.10. The van der Waals surface area contributed by atoms with Crippen LogP contribution in [-0.2, 0) is 6.54 Å². The summed E-state index contributed by atoms with van der Waals surface area (Å²) in [5.41, 5.74) is 13.1. The predicted octanol–water partition coefficient (Wildman–Crippen LogP) is 3.83. The van der Waals surface area contributed by atoms with E-state index < -0.39 is 5.56 Å². The molecule has 37 heavy (non-hydrogen) atoms. The van der Waals surface area contributed by atoms with Gasteiger partial charge in [0.2, 0.25) is 5.82 Å². The number of anilines is 1. The number of nitrogen functional groups attached to an aromatic ring is 1. The number of nitrogens with zero attached hydrogens (tertiary/aromatic N) is 4. The highest BCUT2D eigenvalue weighted by Crippen LogP contribution is 2.22. The van der Waals surface area contributed by atoms with Crippen LogP contribution in [0, 0.1) is 17.2 Å². The van der Waals surface area contributed by atoms with Gasteiger partial charge >= 0.3 is 0 Å². The van der Waals surface area contributed by atoms with Crippen molar-refractivity contribution < 1.29 is 4.79 Å². The molecule has 0 unspecified atom stereocenters. The standard InChI is InChI=1S/C18H17N7O2.C7H14.C2H3N/c19-13-6-9-23-17(26)14(13)15(20)25-12-4-2-11(3-5-12)10-24-18(27)16-21-7-1-8-22-16;1-7-5-3-2-4-6-7;1-2-3/h1-9H,10H2,(H2,20,25)(H,24,27)(H3,19,23,26);7H,2-6H2,1H3;1H3. The Hall–Kier alpha value is -4.52. The second-order valence-electron chi connectivity index (χ2n) is 8.52. The number of amidine groups is 1. The molecule has 6 N–H and O–H groups in total. The van der Waals surface area contributed by atoms with Crippen molar-refractivity contribution in [2.75, 3.05) is 5.73 Å². The minimum Gasteiger partial charge on any atom is -0.398 e. The summed E-state index contributed by atoms with van der Waals surface area (Å²) in [6.45, 7) is 4.10. The zero-order valence-electron chi connectivity index (χ0n) is 21.3. The molecule has 10 heteroatoms.